The molecule has 1 aromatic heterocycles. The first-order valence-corrected chi connectivity index (χ1v) is 9.44. The molecule has 0 aliphatic rings. The van der Waals surface area contributed by atoms with Crippen LogP contribution in [0.3, 0.4) is 0 Å². The van der Waals surface area contributed by atoms with Gasteiger partial charge < -0.3 is 10.2 Å². The van der Waals surface area contributed by atoms with Crippen LogP contribution in [0.5, 0.6) is 0 Å². The molecule has 1 heterocycles. The lowest BCUT2D eigenvalue weighted by Crippen LogP contribution is -2.48. The lowest BCUT2D eigenvalue weighted by molar-refractivity contribution is -0.923. The average Bonchev–Trinajstić information content (AvgIpc) is 2.68. The summed E-state index contributed by atoms with van der Waals surface area (Å²) in [7, 11) is 1.50. The van der Waals surface area contributed by atoms with Crippen molar-refractivity contribution in [2.75, 3.05) is 33.2 Å². The predicted molar refractivity (Wildman–Crippen MR) is 108 cm³/mol. The van der Waals surface area contributed by atoms with Gasteiger partial charge in [0.05, 0.1) is 31.7 Å². The first-order valence-electron chi connectivity index (χ1n) is 9.44. The van der Waals surface area contributed by atoms with E-state index in [0.717, 1.165) is 5.52 Å². The zero-order valence-electron chi connectivity index (χ0n) is 16.5. The highest BCUT2D eigenvalue weighted by molar-refractivity contribution is 5.77. The molecule has 136 valence electrons. The number of rotatable bonds is 7. The molecule has 0 aliphatic heterocycles. The second kappa shape index (κ2) is 13.9. The number of nitrogens with zero attached hydrogens (tertiary/aromatic N) is 2. The van der Waals surface area contributed by atoms with Crippen molar-refractivity contribution in [3.8, 4) is 0 Å². The van der Waals surface area contributed by atoms with Gasteiger partial charge in [-0.05, 0) is 52.8 Å². The molecule has 3 heteroatoms. The summed E-state index contributed by atoms with van der Waals surface area (Å²) in [5, 5.41) is 1.20. The van der Waals surface area contributed by atoms with Gasteiger partial charge >= 0.3 is 0 Å². The Morgan fingerprint density at radius 2 is 1.42 bits per heavy atom. The molecule has 2 rings (SSSR count). The number of unbranched alkanes of at least 4 members (excludes halogenated alkanes) is 2. The lowest BCUT2D eigenvalue weighted by Gasteiger charge is -2.35. The van der Waals surface area contributed by atoms with Gasteiger partial charge in [-0.25, -0.2) is 0 Å². The van der Waals surface area contributed by atoms with Crippen LogP contribution in [0.2, 0.25) is 0 Å². The minimum Gasteiger partial charge on any atom is -0.333 e. The Kier molecular flexibility index (Phi) is 13.1. The number of pyridine rings is 1. The molecule has 0 fully saturated rings. The number of nitrogens with two attached hydrogens (primary N) is 1. The van der Waals surface area contributed by atoms with E-state index in [0.29, 0.717) is 0 Å². The van der Waals surface area contributed by atoms with Crippen molar-refractivity contribution in [2.45, 2.75) is 47.0 Å². The molecule has 1 aromatic carbocycles. The summed E-state index contributed by atoms with van der Waals surface area (Å²) in [5.74, 6) is 0. The summed E-state index contributed by atoms with van der Waals surface area (Å²) >= 11 is 0. The predicted octanol–water partition coefficient (Wildman–Crippen LogP) is 4.86. The summed E-state index contributed by atoms with van der Waals surface area (Å²) in [6.45, 7) is 14.5. The molecule has 0 spiro atoms. The molecule has 2 N–H and O–H groups in total. The summed E-state index contributed by atoms with van der Waals surface area (Å²) in [4.78, 5) is 4.18. The Bertz CT molecular complexity index is 447. The Hall–Kier alpha value is -1.45. The maximum absolute atomic E-state index is 4.50. The van der Waals surface area contributed by atoms with Crippen molar-refractivity contribution >= 4 is 10.9 Å². The van der Waals surface area contributed by atoms with Crippen LogP contribution in [-0.2, 0) is 0 Å². The molecule has 2 aromatic rings. The monoisotopic (exact) mass is 332 g/mol. The molecular weight excluding hydrogens is 294 g/mol. The van der Waals surface area contributed by atoms with E-state index in [9.17, 15) is 0 Å². The summed E-state index contributed by atoms with van der Waals surface area (Å²) in [6, 6.07) is 12.1. The van der Waals surface area contributed by atoms with Crippen molar-refractivity contribution in [2.24, 2.45) is 5.73 Å². The van der Waals surface area contributed by atoms with Gasteiger partial charge in [0, 0.05) is 11.6 Å². The number of benzene rings is 1. The molecule has 24 heavy (non-hydrogen) atoms. The van der Waals surface area contributed by atoms with Gasteiger partial charge in [-0.2, -0.15) is 0 Å². The zero-order valence-corrected chi connectivity index (χ0v) is 16.5. The van der Waals surface area contributed by atoms with Crippen LogP contribution in [0, 0.1) is 0 Å². The lowest BCUT2D eigenvalue weighted by atomic mass is 10.2. The molecule has 0 bridgehead atoms. The minimum absolute atomic E-state index is 1.06. The van der Waals surface area contributed by atoms with Gasteiger partial charge in [0.2, 0.25) is 0 Å². The van der Waals surface area contributed by atoms with E-state index < -0.39 is 0 Å². The van der Waals surface area contributed by atoms with Crippen LogP contribution >= 0.6 is 0 Å². The van der Waals surface area contributed by atoms with Gasteiger partial charge in [0.15, 0.2) is 0 Å². The molecule has 0 saturated heterocycles. The normalized spacial score (nSPS) is 10.4. The zero-order chi connectivity index (χ0) is 18.3. The smallest absolute Gasteiger partial charge is 0.0786 e. The van der Waals surface area contributed by atoms with Crippen LogP contribution in [0.1, 0.15) is 47.0 Å². The highest BCUT2D eigenvalue weighted by Gasteiger charge is 2.18. The van der Waals surface area contributed by atoms with Crippen molar-refractivity contribution < 1.29 is 4.48 Å². The number of aromatic nitrogens is 1. The van der Waals surface area contributed by atoms with E-state index >= 15 is 0 Å². The number of fused-ring (bicyclic) bond motifs is 1. The van der Waals surface area contributed by atoms with E-state index in [1.807, 2.05) is 30.5 Å². The summed E-state index contributed by atoms with van der Waals surface area (Å²) in [6.07, 6.45) is 5.96. The van der Waals surface area contributed by atoms with E-state index in [4.69, 9.17) is 0 Å². The quantitative estimate of drug-likeness (QED) is 0.581. The molecule has 3 nitrogen and oxygen atoms in total. The van der Waals surface area contributed by atoms with Crippen molar-refractivity contribution in [1.29, 1.82) is 0 Å². The summed E-state index contributed by atoms with van der Waals surface area (Å²) in [5.41, 5.74) is 5.56. The van der Waals surface area contributed by atoms with Crippen molar-refractivity contribution in [3.05, 3.63) is 42.6 Å². The second-order valence-corrected chi connectivity index (χ2v) is 5.92. The third kappa shape index (κ3) is 7.89. The van der Waals surface area contributed by atoms with E-state index in [1.165, 1.54) is 62.4 Å². The van der Waals surface area contributed by atoms with E-state index in [2.05, 4.69) is 50.5 Å². The largest absolute Gasteiger partial charge is 0.333 e. The SMILES string of the molecule is CCCCC[N+](CC)(CC)CC.CN.c1ccc2ncccc2c1. The van der Waals surface area contributed by atoms with Gasteiger partial charge in [-0.15, -0.1) is 0 Å². The first-order chi connectivity index (χ1) is 11.7. The fraction of sp³-hybridized carbons (Fsp3) is 0.571. The molecular formula is C21H38N3+. The van der Waals surface area contributed by atoms with Gasteiger partial charge in [0.1, 0.15) is 0 Å². The van der Waals surface area contributed by atoms with Gasteiger partial charge in [-0.3, -0.25) is 4.98 Å². The number of hydrogen-bond acceptors (Lipinski definition) is 2. The molecule has 0 unspecified atom stereocenters. The number of quaternary nitrogens is 1. The fourth-order valence-corrected chi connectivity index (χ4v) is 2.86. The first kappa shape index (κ1) is 22.6. The topological polar surface area (TPSA) is 38.9 Å². The van der Waals surface area contributed by atoms with Crippen molar-refractivity contribution in [3.63, 3.8) is 0 Å². The third-order valence-electron chi connectivity index (χ3n) is 4.76. The van der Waals surface area contributed by atoms with Gasteiger partial charge in [0.25, 0.3) is 0 Å². The van der Waals surface area contributed by atoms with Crippen molar-refractivity contribution in [1.82, 2.24) is 4.98 Å². The molecule has 0 atom stereocenters. The van der Waals surface area contributed by atoms with Gasteiger partial charge in [-0.1, -0.05) is 37.6 Å². The third-order valence-corrected chi connectivity index (χ3v) is 4.76. The molecule has 0 saturated carbocycles. The Morgan fingerprint density at radius 1 is 0.833 bits per heavy atom. The maximum Gasteiger partial charge on any atom is 0.0786 e. The molecule has 0 aliphatic carbocycles. The highest BCUT2D eigenvalue weighted by atomic mass is 15.3. The average molecular weight is 333 g/mol. The Balaban J connectivity index is 0.000000402. The highest BCUT2D eigenvalue weighted by Crippen LogP contribution is 2.09. The van der Waals surface area contributed by atoms with Crippen LogP contribution in [0.15, 0.2) is 42.6 Å². The number of para-hydroxylation sites is 1. The molecule has 0 amide bonds. The van der Waals surface area contributed by atoms with E-state index in [1.54, 1.807) is 0 Å². The van der Waals surface area contributed by atoms with Crippen LogP contribution in [-0.4, -0.2) is 42.7 Å². The summed E-state index contributed by atoms with van der Waals surface area (Å²) < 4.78 is 1.32. The van der Waals surface area contributed by atoms with Crippen LogP contribution < -0.4 is 5.73 Å². The minimum atomic E-state index is 1.06. The Labute approximate surface area is 149 Å². The second-order valence-electron chi connectivity index (χ2n) is 5.92. The van der Waals surface area contributed by atoms with E-state index in [-0.39, 0.29) is 0 Å². The number of hydrogen-bond donors (Lipinski definition) is 1. The standard InChI is InChI=1S/C11H26N.C9H7N.CH5N/c1-5-9-10-11-12(6-2,7-3)8-4;1-2-6-9-8(4-1)5-3-7-10-9;1-2/h5-11H2,1-4H3;1-7H;2H2,1H3/q+1;;. The maximum atomic E-state index is 4.50. The van der Waals surface area contributed by atoms with Crippen LogP contribution in [0.25, 0.3) is 10.9 Å². The Morgan fingerprint density at radius 3 is 1.96 bits per heavy atom. The van der Waals surface area contributed by atoms with Crippen LogP contribution in [0.4, 0.5) is 0 Å². The fourth-order valence-electron chi connectivity index (χ4n) is 2.86. The molecule has 0 radical (unpaired) electrons.